The van der Waals surface area contributed by atoms with Crippen LogP contribution in [-0.4, -0.2) is 51.3 Å². The highest BCUT2D eigenvalue weighted by Gasteiger charge is 2.51. The molecule has 2 amide bonds. The minimum atomic E-state index is -0.860. The lowest BCUT2D eigenvalue weighted by molar-refractivity contribution is -0.137. The number of hydrogen-bond acceptors (Lipinski definition) is 3. The zero-order valence-corrected chi connectivity index (χ0v) is 15.1. The molecule has 6 nitrogen and oxygen atoms in total. The highest BCUT2D eigenvalue weighted by atomic mass is 16.4. The summed E-state index contributed by atoms with van der Waals surface area (Å²) in [6, 6.07) is 9.37. The maximum atomic E-state index is 13.0. The van der Waals surface area contributed by atoms with E-state index in [1.807, 2.05) is 35.2 Å². The van der Waals surface area contributed by atoms with Crippen molar-refractivity contribution in [2.24, 2.45) is 0 Å². The van der Waals surface area contributed by atoms with Crippen molar-refractivity contribution in [3.8, 4) is 0 Å². The van der Waals surface area contributed by atoms with Crippen LogP contribution >= 0.6 is 0 Å². The molecule has 1 saturated heterocycles. The van der Waals surface area contributed by atoms with E-state index in [0.717, 1.165) is 31.2 Å². The van der Waals surface area contributed by atoms with E-state index in [1.165, 1.54) is 0 Å². The number of nitrogens with one attached hydrogen (secondary N) is 1. The van der Waals surface area contributed by atoms with E-state index in [4.69, 9.17) is 5.11 Å². The number of hydrogen-bond donors (Lipinski definition) is 3. The summed E-state index contributed by atoms with van der Waals surface area (Å²) >= 11 is 0. The third-order valence-corrected chi connectivity index (χ3v) is 5.86. The van der Waals surface area contributed by atoms with Crippen molar-refractivity contribution in [3.05, 3.63) is 35.9 Å². The van der Waals surface area contributed by atoms with Gasteiger partial charge in [-0.1, -0.05) is 43.2 Å². The Hall–Kier alpha value is -2.08. The summed E-state index contributed by atoms with van der Waals surface area (Å²) in [6.07, 6.45) is 4.93. The van der Waals surface area contributed by atoms with Gasteiger partial charge in [-0.3, -0.25) is 4.79 Å². The molecule has 2 atom stereocenters. The van der Waals surface area contributed by atoms with Crippen LogP contribution in [0.3, 0.4) is 0 Å². The Morgan fingerprint density at radius 1 is 1.23 bits per heavy atom. The summed E-state index contributed by atoms with van der Waals surface area (Å²) in [7, 11) is 0. The minimum Gasteiger partial charge on any atom is -0.481 e. The lowest BCUT2D eigenvalue weighted by Crippen LogP contribution is -2.55. The minimum absolute atomic E-state index is 0.0194. The summed E-state index contributed by atoms with van der Waals surface area (Å²) in [5.74, 6) is -0.860. The number of amides is 2. The number of carbonyl (C=O) groups is 2. The Bertz CT molecular complexity index is 628. The quantitative estimate of drug-likeness (QED) is 0.727. The van der Waals surface area contributed by atoms with Crippen LogP contribution < -0.4 is 5.32 Å². The number of nitrogens with zero attached hydrogens (tertiary/aromatic N) is 1. The molecule has 2 aliphatic rings. The van der Waals surface area contributed by atoms with Crippen molar-refractivity contribution < 1.29 is 19.8 Å². The molecule has 0 aromatic heterocycles. The van der Waals surface area contributed by atoms with Gasteiger partial charge < -0.3 is 20.4 Å². The second-order valence-corrected chi connectivity index (χ2v) is 7.54. The molecule has 1 aromatic carbocycles. The van der Waals surface area contributed by atoms with Gasteiger partial charge in [0.1, 0.15) is 0 Å². The van der Waals surface area contributed by atoms with Crippen LogP contribution in [0.5, 0.6) is 0 Å². The van der Waals surface area contributed by atoms with Gasteiger partial charge in [-0.05, 0) is 37.7 Å². The first-order valence-corrected chi connectivity index (χ1v) is 9.53. The van der Waals surface area contributed by atoms with Gasteiger partial charge in [0.05, 0.1) is 11.6 Å². The van der Waals surface area contributed by atoms with Gasteiger partial charge in [-0.15, -0.1) is 0 Å². The molecule has 6 heteroatoms. The van der Waals surface area contributed by atoms with E-state index in [0.29, 0.717) is 25.8 Å². The molecular weight excluding hydrogens is 332 g/mol. The van der Waals surface area contributed by atoms with Gasteiger partial charge in [0, 0.05) is 19.0 Å². The first-order chi connectivity index (χ1) is 12.5. The smallest absolute Gasteiger partial charge is 0.318 e. The Morgan fingerprint density at radius 3 is 2.58 bits per heavy atom. The fraction of sp³-hybridized carbons (Fsp3) is 0.600. The van der Waals surface area contributed by atoms with E-state index in [9.17, 15) is 14.7 Å². The second kappa shape index (κ2) is 8.08. The van der Waals surface area contributed by atoms with Crippen molar-refractivity contribution >= 4 is 12.0 Å². The predicted molar refractivity (Wildman–Crippen MR) is 97.9 cm³/mol. The van der Waals surface area contributed by atoms with Crippen molar-refractivity contribution in [2.45, 2.75) is 69.1 Å². The molecule has 1 saturated carbocycles. The molecular formula is C20H28N2O4. The molecule has 1 heterocycles. The van der Waals surface area contributed by atoms with Crippen LogP contribution in [0.15, 0.2) is 30.3 Å². The van der Waals surface area contributed by atoms with E-state index in [1.54, 1.807) is 0 Å². The van der Waals surface area contributed by atoms with Crippen LogP contribution in [0.1, 0.15) is 50.5 Å². The number of aliphatic hydroxyl groups is 1. The summed E-state index contributed by atoms with van der Waals surface area (Å²) < 4.78 is 0. The molecule has 26 heavy (non-hydrogen) atoms. The fourth-order valence-electron chi connectivity index (χ4n) is 4.49. The Balaban J connectivity index is 1.68. The molecule has 3 N–H and O–H groups in total. The highest BCUT2D eigenvalue weighted by Crippen LogP contribution is 2.43. The predicted octanol–water partition coefficient (Wildman–Crippen LogP) is 2.55. The Morgan fingerprint density at radius 2 is 1.92 bits per heavy atom. The van der Waals surface area contributed by atoms with E-state index in [-0.39, 0.29) is 18.5 Å². The van der Waals surface area contributed by atoms with Gasteiger partial charge >= 0.3 is 12.0 Å². The zero-order valence-electron chi connectivity index (χ0n) is 15.1. The van der Waals surface area contributed by atoms with Gasteiger partial charge in [0.2, 0.25) is 0 Å². The topological polar surface area (TPSA) is 89.9 Å². The molecule has 2 unspecified atom stereocenters. The lowest BCUT2D eigenvalue weighted by atomic mass is 9.91. The Labute approximate surface area is 154 Å². The number of urea groups is 1. The van der Waals surface area contributed by atoms with Gasteiger partial charge in [-0.25, -0.2) is 4.79 Å². The number of carboxylic acids is 1. The highest BCUT2D eigenvalue weighted by molar-refractivity contribution is 5.76. The monoisotopic (exact) mass is 360 g/mol. The average Bonchev–Trinajstić information content (AvgIpc) is 3.23. The molecule has 1 aliphatic carbocycles. The molecule has 2 fully saturated rings. The third kappa shape index (κ3) is 4.01. The number of benzene rings is 1. The van der Waals surface area contributed by atoms with Crippen LogP contribution in [0.25, 0.3) is 0 Å². The average molecular weight is 360 g/mol. The van der Waals surface area contributed by atoms with Crippen LogP contribution in [-0.2, 0) is 11.2 Å². The van der Waals surface area contributed by atoms with E-state index < -0.39 is 17.6 Å². The molecule has 3 rings (SSSR count). The lowest BCUT2D eigenvalue weighted by Gasteiger charge is -2.38. The van der Waals surface area contributed by atoms with Crippen LogP contribution in [0.2, 0.25) is 0 Å². The number of rotatable bonds is 6. The first kappa shape index (κ1) is 18.7. The molecule has 0 bridgehead atoms. The fourth-order valence-corrected chi connectivity index (χ4v) is 4.49. The molecule has 1 aromatic rings. The number of likely N-dealkylation sites (tertiary alicyclic amines) is 1. The van der Waals surface area contributed by atoms with Crippen molar-refractivity contribution in [1.29, 1.82) is 0 Å². The van der Waals surface area contributed by atoms with E-state index >= 15 is 0 Å². The molecule has 142 valence electrons. The zero-order chi connectivity index (χ0) is 18.6. The summed E-state index contributed by atoms with van der Waals surface area (Å²) in [6.45, 7) is 0.560. The third-order valence-electron chi connectivity index (χ3n) is 5.86. The van der Waals surface area contributed by atoms with Gasteiger partial charge in [-0.2, -0.15) is 0 Å². The summed E-state index contributed by atoms with van der Waals surface area (Å²) in [5.41, 5.74) is 0.647. The standard InChI is InChI=1S/C20H28N2O4/c23-17-10-13-22(20(17)11-4-5-12-20)19(26)21-16(8-9-18(24)25)14-15-6-2-1-3-7-15/h1-3,6-7,16-17,23H,4-5,8-14H2,(H,21,26)(H,24,25). The SMILES string of the molecule is O=C(O)CCC(Cc1ccccc1)NC(=O)N1CCC(O)C12CCCC2. The van der Waals surface area contributed by atoms with E-state index in [2.05, 4.69) is 5.32 Å². The van der Waals surface area contributed by atoms with Crippen molar-refractivity contribution in [1.82, 2.24) is 10.2 Å². The largest absolute Gasteiger partial charge is 0.481 e. The molecule has 1 spiro atoms. The summed E-state index contributed by atoms with van der Waals surface area (Å²) in [5, 5.41) is 22.5. The van der Waals surface area contributed by atoms with Gasteiger partial charge in [0.25, 0.3) is 0 Å². The number of aliphatic carboxylic acids is 1. The number of carbonyl (C=O) groups excluding carboxylic acids is 1. The summed E-state index contributed by atoms with van der Waals surface area (Å²) in [4.78, 5) is 25.8. The van der Waals surface area contributed by atoms with Crippen molar-refractivity contribution in [3.63, 3.8) is 0 Å². The molecule has 1 aliphatic heterocycles. The van der Waals surface area contributed by atoms with Crippen LogP contribution in [0.4, 0.5) is 4.79 Å². The maximum Gasteiger partial charge on any atom is 0.318 e. The molecule has 0 radical (unpaired) electrons. The second-order valence-electron chi connectivity index (χ2n) is 7.54. The first-order valence-electron chi connectivity index (χ1n) is 9.53. The number of aliphatic hydroxyl groups excluding tert-OH is 1. The maximum absolute atomic E-state index is 13.0. The van der Waals surface area contributed by atoms with Crippen LogP contribution in [0, 0.1) is 0 Å². The Kier molecular flexibility index (Phi) is 5.81. The van der Waals surface area contributed by atoms with Crippen molar-refractivity contribution in [2.75, 3.05) is 6.54 Å². The number of carboxylic acid groups (broad SMARTS) is 1. The van der Waals surface area contributed by atoms with Gasteiger partial charge in [0.15, 0.2) is 0 Å². The normalized spacial score (nSPS) is 22.5.